The van der Waals surface area contributed by atoms with E-state index in [9.17, 15) is 0 Å². The standard InChI is InChI=1S/C10H21ClN2.2ClH/c1-3-12-4-6-13(7-5-12)9-10(2)8-11;;/h10H,3-9H2,1-2H3;2*1H. The summed E-state index contributed by atoms with van der Waals surface area (Å²) in [5.41, 5.74) is 0. The maximum absolute atomic E-state index is 5.79. The van der Waals surface area contributed by atoms with Crippen molar-refractivity contribution in [2.75, 3.05) is 45.1 Å². The Morgan fingerprint density at radius 1 is 1.07 bits per heavy atom. The van der Waals surface area contributed by atoms with Crippen LogP contribution in [0.25, 0.3) is 0 Å². The van der Waals surface area contributed by atoms with Gasteiger partial charge in [-0.2, -0.15) is 0 Å². The Hall–Kier alpha value is 0.790. The lowest BCUT2D eigenvalue weighted by Gasteiger charge is -2.35. The summed E-state index contributed by atoms with van der Waals surface area (Å²) in [6.07, 6.45) is 0. The van der Waals surface area contributed by atoms with Gasteiger partial charge < -0.3 is 9.80 Å². The van der Waals surface area contributed by atoms with Gasteiger partial charge in [0, 0.05) is 38.6 Å². The lowest BCUT2D eigenvalue weighted by atomic mass is 10.2. The Balaban J connectivity index is 0. The van der Waals surface area contributed by atoms with Gasteiger partial charge in [-0.15, -0.1) is 36.4 Å². The molecule has 0 saturated carbocycles. The Morgan fingerprint density at radius 3 is 1.93 bits per heavy atom. The van der Waals surface area contributed by atoms with Gasteiger partial charge in [-0.05, 0) is 12.5 Å². The predicted molar refractivity (Wildman–Crippen MR) is 72.9 cm³/mol. The van der Waals surface area contributed by atoms with E-state index < -0.39 is 0 Å². The number of likely N-dealkylation sites (N-methyl/N-ethyl adjacent to an activating group) is 1. The highest BCUT2D eigenvalue weighted by atomic mass is 35.5. The van der Waals surface area contributed by atoms with Crippen LogP contribution in [-0.2, 0) is 0 Å². The van der Waals surface area contributed by atoms with Crippen molar-refractivity contribution in [1.82, 2.24) is 9.80 Å². The molecule has 0 spiro atoms. The van der Waals surface area contributed by atoms with Gasteiger partial charge in [-0.3, -0.25) is 0 Å². The topological polar surface area (TPSA) is 6.48 Å². The van der Waals surface area contributed by atoms with Crippen LogP contribution in [0.2, 0.25) is 0 Å². The summed E-state index contributed by atoms with van der Waals surface area (Å²) in [5, 5.41) is 0. The molecule has 0 N–H and O–H groups in total. The second kappa shape index (κ2) is 9.98. The number of hydrogen-bond donors (Lipinski definition) is 0. The van der Waals surface area contributed by atoms with E-state index in [2.05, 4.69) is 23.6 Å². The van der Waals surface area contributed by atoms with E-state index in [4.69, 9.17) is 11.6 Å². The lowest BCUT2D eigenvalue weighted by Crippen LogP contribution is -2.47. The summed E-state index contributed by atoms with van der Waals surface area (Å²) in [5.74, 6) is 1.42. The second-order valence-corrected chi connectivity index (χ2v) is 4.30. The summed E-state index contributed by atoms with van der Waals surface area (Å²) in [4.78, 5) is 5.03. The Bertz CT molecular complexity index is 139. The molecule has 1 heterocycles. The summed E-state index contributed by atoms with van der Waals surface area (Å²) >= 11 is 5.79. The molecule has 1 fully saturated rings. The van der Waals surface area contributed by atoms with E-state index in [1.807, 2.05) is 0 Å². The van der Waals surface area contributed by atoms with Crippen molar-refractivity contribution in [2.24, 2.45) is 5.92 Å². The van der Waals surface area contributed by atoms with Crippen LogP contribution >= 0.6 is 36.4 Å². The first-order chi connectivity index (χ1) is 6.26. The van der Waals surface area contributed by atoms with Gasteiger partial charge >= 0.3 is 0 Å². The molecule has 1 atom stereocenters. The minimum Gasteiger partial charge on any atom is -0.301 e. The van der Waals surface area contributed by atoms with Crippen molar-refractivity contribution in [3.05, 3.63) is 0 Å². The van der Waals surface area contributed by atoms with Crippen LogP contribution in [0.3, 0.4) is 0 Å². The van der Waals surface area contributed by atoms with Gasteiger partial charge in [0.2, 0.25) is 0 Å². The van der Waals surface area contributed by atoms with E-state index in [1.54, 1.807) is 0 Å². The molecule has 0 aromatic rings. The molecule has 1 saturated heterocycles. The molecule has 0 aromatic carbocycles. The third-order valence-corrected chi connectivity index (χ3v) is 3.27. The van der Waals surface area contributed by atoms with Crippen LogP contribution in [0.4, 0.5) is 0 Å². The van der Waals surface area contributed by atoms with Crippen molar-refractivity contribution < 1.29 is 0 Å². The van der Waals surface area contributed by atoms with Gasteiger partial charge in [0.05, 0.1) is 0 Å². The summed E-state index contributed by atoms with van der Waals surface area (Å²) in [6, 6.07) is 0. The Morgan fingerprint density at radius 2 is 1.53 bits per heavy atom. The molecule has 0 bridgehead atoms. The van der Waals surface area contributed by atoms with E-state index in [1.165, 1.54) is 39.3 Å². The SMILES string of the molecule is CCN1CCN(CC(C)CCl)CC1.Cl.Cl. The first-order valence-corrected chi connectivity index (χ1v) is 5.80. The van der Waals surface area contributed by atoms with E-state index >= 15 is 0 Å². The summed E-state index contributed by atoms with van der Waals surface area (Å²) in [7, 11) is 0. The molecular formula is C10H23Cl3N2. The van der Waals surface area contributed by atoms with Gasteiger partial charge in [-0.25, -0.2) is 0 Å². The molecule has 5 heteroatoms. The van der Waals surface area contributed by atoms with Crippen molar-refractivity contribution >= 4 is 36.4 Å². The van der Waals surface area contributed by atoms with Crippen LogP contribution in [0.15, 0.2) is 0 Å². The highest BCUT2D eigenvalue weighted by molar-refractivity contribution is 6.18. The maximum atomic E-state index is 5.79. The van der Waals surface area contributed by atoms with E-state index in [-0.39, 0.29) is 24.8 Å². The smallest absolute Gasteiger partial charge is 0.0261 e. The van der Waals surface area contributed by atoms with Gasteiger partial charge in [0.15, 0.2) is 0 Å². The minimum absolute atomic E-state index is 0. The first kappa shape index (κ1) is 18.2. The fraction of sp³-hybridized carbons (Fsp3) is 1.00. The third-order valence-electron chi connectivity index (χ3n) is 2.75. The molecule has 0 radical (unpaired) electrons. The number of alkyl halides is 1. The van der Waals surface area contributed by atoms with Gasteiger partial charge in [0.25, 0.3) is 0 Å². The van der Waals surface area contributed by atoms with Gasteiger partial charge in [-0.1, -0.05) is 13.8 Å². The Labute approximate surface area is 111 Å². The monoisotopic (exact) mass is 276 g/mol. The fourth-order valence-corrected chi connectivity index (χ4v) is 1.88. The normalized spacial score (nSPS) is 20.2. The quantitative estimate of drug-likeness (QED) is 0.728. The van der Waals surface area contributed by atoms with Crippen LogP contribution in [-0.4, -0.2) is 54.9 Å². The molecule has 1 rings (SSSR count). The maximum Gasteiger partial charge on any atom is 0.0261 e. The molecule has 94 valence electrons. The van der Waals surface area contributed by atoms with Crippen molar-refractivity contribution in [3.63, 3.8) is 0 Å². The molecule has 1 aliphatic rings. The number of piperazine rings is 1. The second-order valence-electron chi connectivity index (χ2n) is 3.99. The zero-order valence-electron chi connectivity index (χ0n) is 9.62. The van der Waals surface area contributed by atoms with Crippen molar-refractivity contribution in [3.8, 4) is 0 Å². The van der Waals surface area contributed by atoms with Crippen LogP contribution in [0, 0.1) is 5.92 Å². The zero-order chi connectivity index (χ0) is 9.68. The summed E-state index contributed by atoms with van der Waals surface area (Å²) in [6.45, 7) is 11.7. The van der Waals surface area contributed by atoms with Gasteiger partial charge in [0.1, 0.15) is 0 Å². The average Bonchev–Trinajstić information content (AvgIpc) is 2.19. The highest BCUT2D eigenvalue weighted by Gasteiger charge is 2.16. The molecule has 0 amide bonds. The van der Waals surface area contributed by atoms with Crippen molar-refractivity contribution in [1.29, 1.82) is 0 Å². The fourth-order valence-electron chi connectivity index (χ4n) is 1.78. The minimum atomic E-state index is 0. The molecule has 15 heavy (non-hydrogen) atoms. The molecule has 0 aromatic heterocycles. The van der Waals surface area contributed by atoms with Crippen molar-refractivity contribution in [2.45, 2.75) is 13.8 Å². The Kier molecular flexibility index (Phi) is 12.1. The highest BCUT2D eigenvalue weighted by Crippen LogP contribution is 2.06. The van der Waals surface area contributed by atoms with Crippen LogP contribution in [0.1, 0.15) is 13.8 Å². The molecule has 1 aliphatic heterocycles. The number of halogens is 3. The first-order valence-electron chi connectivity index (χ1n) is 5.27. The zero-order valence-corrected chi connectivity index (χ0v) is 12.0. The molecule has 0 aliphatic carbocycles. The predicted octanol–water partition coefficient (Wildman–Crippen LogP) is 2.34. The largest absolute Gasteiger partial charge is 0.301 e. The van der Waals surface area contributed by atoms with E-state index in [0.29, 0.717) is 5.92 Å². The van der Waals surface area contributed by atoms with Crippen LogP contribution < -0.4 is 0 Å². The molecule has 1 unspecified atom stereocenters. The summed E-state index contributed by atoms with van der Waals surface area (Å²) < 4.78 is 0. The third kappa shape index (κ3) is 6.85. The number of rotatable bonds is 4. The molecule has 2 nitrogen and oxygen atoms in total. The number of nitrogens with zero attached hydrogens (tertiary/aromatic N) is 2. The molecular weight excluding hydrogens is 254 g/mol. The van der Waals surface area contributed by atoms with Crippen LogP contribution in [0.5, 0.6) is 0 Å². The lowest BCUT2D eigenvalue weighted by molar-refractivity contribution is 0.127. The average molecular weight is 278 g/mol. The van der Waals surface area contributed by atoms with E-state index in [0.717, 1.165) is 5.88 Å². The number of hydrogen-bond acceptors (Lipinski definition) is 2.